The van der Waals surface area contributed by atoms with Gasteiger partial charge in [0.05, 0.1) is 6.04 Å². The second-order valence-corrected chi connectivity index (χ2v) is 7.20. The van der Waals surface area contributed by atoms with Crippen LogP contribution in [0.25, 0.3) is 0 Å². The van der Waals surface area contributed by atoms with Gasteiger partial charge in [0.2, 0.25) is 11.4 Å². The molecule has 1 amide bonds. The standard InChI is InChI=1S/C9H18N3O5PS/c1-5(10)18(16,17)4-9(2,8(14)15)12-7(13)6(11)3-19/h6,10,16-17H,3-4,11H2,1-2H3,(H2-,12,13,14,15,19)/p+1/t6-,9?/m0/s1. The molecule has 0 aromatic carbocycles. The molecule has 110 valence electrons. The predicted octanol–water partition coefficient (Wildman–Crippen LogP) is -0.968. The fourth-order valence-electron chi connectivity index (χ4n) is 1.17. The van der Waals surface area contributed by atoms with Crippen LogP contribution in [-0.2, 0) is 9.59 Å². The van der Waals surface area contributed by atoms with Gasteiger partial charge >= 0.3 is 13.7 Å². The predicted molar refractivity (Wildman–Crippen MR) is 75.6 cm³/mol. The molecule has 0 aliphatic heterocycles. The molecule has 10 heteroatoms. The zero-order chi connectivity index (χ0) is 15.4. The van der Waals surface area contributed by atoms with Crippen LogP contribution in [0.4, 0.5) is 0 Å². The number of thiol groups is 1. The third-order valence-electron chi connectivity index (χ3n) is 2.48. The van der Waals surface area contributed by atoms with Crippen LogP contribution in [-0.4, -0.2) is 55.7 Å². The summed E-state index contributed by atoms with van der Waals surface area (Å²) in [6.45, 7) is 2.29. The van der Waals surface area contributed by atoms with E-state index in [1.54, 1.807) is 0 Å². The van der Waals surface area contributed by atoms with Crippen LogP contribution in [0.15, 0.2) is 0 Å². The fourth-order valence-corrected chi connectivity index (χ4v) is 2.67. The summed E-state index contributed by atoms with van der Waals surface area (Å²) in [5.74, 6) is -2.19. The lowest BCUT2D eigenvalue weighted by Gasteiger charge is -2.28. The van der Waals surface area contributed by atoms with Crippen molar-refractivity contribution in [1.29, 1.82) is 5.41 Å². The monoisotopic (exact) mass is 312 g/mol. The Balaban J connectivity index is 5.13. The Kier molecular flexibility index (Phi) is 6.37. The highest BCUT2D eigenvalue weighted by atomic mass is 32.1. The second kappa shape index (κ2) is 6.62. The van der Waals surface area contributed by atoms with Crippen LogP contribution in [0.5, 0.6) is 0 Å². The number of amides is 1. The van der Waals surface area contributed by atoms with Gasteiger partial charge in [-0.2, -0.15) is 12.6 Å². The molecule has 0 aliphatic carbocycles. The van der Waals surface area contributed by atoms with E-state index >= 15 is 0 Å². The SMILES string of the molecule is CC(=N)[P+](O)(O)CC(C)(NC(=O)[C@@H](N)CS)C(=O)O. The van der Waals surface area contributed by atoms with Crippen molar-refractivity contribution in [3.63, 3.8) is 0 Å². The molecule has 0 aliphatic rings. The number of carbonyl (C=O) groups is 2. The third kappa shape index (κ3) is 5.04. The summed E-state index contributed by atoms with van der Waals surface area (Å²) < 4.78 is 0. The average Bonchev–Trinajstić information content (AvgIpc) is 2.26. The number of carboxylic acids is 1. The normalized spacial score (nSPS) is 16.3. The molecule has 0 rings (SSSR count). The minimum atomic E-state index is -3.86. The van der Waals surface area contributed by atoms with Crippen molar-refractivity contribution in [3.05, 3.63) is 0 Å². The van der Waals surface area contributed by atoms with E-state index in [1.165, 1.54) is 0 Å². The Bertz CT molecular complexity index is 392. The lowest BCUT2D eigenvalue weighted by atomic mass is 10.1. The number of carboxylic acid groups (broad SMARTS) is 1. The van der Waals surface area contributed by atoms with E-state index in [9.17, 15) is 19.4 Å². The van der Waals surface area contributed by atoms with Gasteiger partial charge in [0.25, 0.3) is 0 Å². The van der Waals surface area contributed by atoms with Gasteiger partial charge in [0, 0.05) is 12.7 Å². The fraction of sp³-hybridized carbons (Fsp3) is 0.667. The van der Waals surface area contributed by atoms with E-state index in [-0.39, 0.29) is 5.75 Å². The maximum atomic E-state index is 11.6. The van der Waals surface area contributed by atoms with E-state index < -0.39 is 42.8 Å². The Morgan fingerprint density at radius 3 is 2.32 bits per heavy atom. The molecule has 8 nitrogen and oxygen atoms in total. The first kappa shape index (κ1) is 18.3. The minimum absolute atomic E-state index is 0.0175. The summed E-state index contributed by atoms with van der Waals surface area (Å²) in [5, 5.41) is 18.5. The van der Waals surface area contributed by atoms with Gasteiger partial charge in [0.1, 0.15) is 0 Å². The van der Waals surface area contributed by atoms with Crippen molar-refractivity contribution in [1.82, 2.24) is 5.32 Å². The Hall–Kier alpha value is -0.730. The Labute approximate surface area is 116 Å². The van der Waals surface area contributed by atoms with Crippen molar-refractivity contribution in [2.45, 2.75) is 25.4 Å². The maximum Gasteiger partial charge on any atom is 0.333 e. The van der Waals surface area contributed by atoms with Crippen molar-refractivity contribution in [3.8, 4) is 0 Å². The number of hydrogen-bond donors (Lipinski definition) is 7. The number of nitrogens with two attached hydrogens (primary N) is 1. The van der Waals surface area contributed by atoms with Crippen LogP contribution in [0.2, 0.25) is 0 Å². The lowest BCUT2D eigenvalue weighted by molar-refractivity contribution is -0.146. The number of hydrogen-bond acceptors (Lipinski definition) is 7. The molecule has 0 spiro atoms. The molecule has 0 fully saturated rings. The van der Waals surface area contributed by atoms with E-state index in [0.29, 0.717) is 0 Å². The number of rotatable bonds is 7. The molecule has 0 radical (unpaired) electrons. The van der Waals surface area contributed by atoms with Gasteiger partial charge < -0.3 is 16.2 Å². The van der Waals surface area contributed by atoms with E-state index in [0.717, 1.165) is 13.8 Å². The van der Waals surface area contributed by atoms with Crippen LogP contribution >= 0.6 is 20.3 Å². The summed E-state index contributed by atoms with van der Waals surface area (Å²) in [6.07, 6.45) is -0.671. The van der Waals surface area contributed by atoms with Gasteiger partial charge in [-0.15, -0.1) is 0 Å². The van der Waals surface area contributed by atoms with Crippen molar-refractivity contribution in [2.24, 2.45) is 5.73 Å². The molecule has 0 bridgehead atoms. The second-order valence-electron chi connectivity index (χ2n) is 4.39. The molecule has 0 heterocycles. The maximum absolute atomic E-state index is 11.6. The summed E-state index contributed by atoms with van der Waals surface area (Å²) in [5.41, 5.74) is 3.07. The summed E-state index contributed by atoms with van der Waals surface area (Å²) in [4.78, 5) is 42.1. The average molecular weight is 312 g/mol. The van der Waals surface area contributed by atoms with E-state index in [1.807, 2.05) is 0 Å². The quantitative estimate of drug-likeness (QED) is 0.182. The first-order valence-electron chi connectivity index (χ1n) is 5.27. The molecule has 0 aromatic heterocycles. The van der Waals surface area contributed by atoms with E-state index in [4.69, 9.17) is 16.2 Å². The Morgan fingerprint density at radius 1 is 1.53 bits per heavy atom. The highest BCUT2D eigenvalue weighted by molar-refractivity contribution is 7.81. The van der Waals surface area contributed by atoms with Crippen LogP contribution in [0, 0.1) is 5.41 Å². The molecule has 0 saturated carbocycles. The zero-order valence-electron chi connectivity index (χ0n) is 10.6. The summed E-state index contributed by atoms with van der Waals surface area (Å²) >= 11 is 3.82. The number of aliphatic carboxylic acids is 1. The smallest absolute Gasteiger partial charge is 0.333 e. The summed E-state index contributed by atoms with van der Waals surface area (Å²) in [7, 11) is -3.86. The topological polar surface area (TPSA) is 157 Å². The molecule has 2 atom stereocenters. The van der Waals surface area contributed by atoms with Gasteiger partial charge in [-0.05, 0) is 6.92 Å². The molecule has 1 unspecified atom stereocenters. The number of nitrogens with one attached hydrogen (secondary N) is 2. The lowest BCUT2D eigenvalue weighted by Crippen LogP contribution is -2.59. The van der Waals surface area contributed by atoms with Gasteiger partial charge in [-0.25, -0.2) is 14.6 Å². The molecular formula is C9H19N3O5PS+. The zero-order valence-corrected chi connectivity index (χ0v) is 12.4. The summed E-state index contributed by atoms with van der Waals surface area (Å²) in [6, 6.07) is -1.01. The highest BCUT2D eigenvalue weighted by Crippen LogP contribution is 2.52. The Morgan fingerprint density at radius 2 is 2.00 bits per heavy atom. The molecule has 19 heavy (non-hydrogen) atoms. The van der Waals surface area contributed by atoms with E-state index in [2.05, 4.69) is 17.9 Å². The third-order valence-corrected chi connectivity index (χ3v) is 5.02. The van der Waals surface area contributed by atoms with Crippen molar-refractivity contribution in [2.75, 3.05) is 11.9 Å². The van der Waals surface area contributed by atoms with Gasteiger partial charge in [-0.3, -0.25) is 10.2 Å². The van der Waals surface area contributed by atoms with Crippen LogP contribution in [0.3, 0.4) is 0 Å². The van der Waals surface area contributed by atoms with Gasteiger partial charge in [-0.1, -0.05) is 0 Å². The minimum Gasteiger partial charge on any atom is -0.479 e. The molecule has 0 saturated heterocycles. The van der Waals surface area contributed by atoms with Crippen LogP contribution in [0.1, 0.15) is 13.8 Å². The first-order valence-corrected chi connectivity index (χ1v) is 7.78. The van der Waals surface area contributed by atoms with Crippen molar-refractivity contribution >= 4 is 37.7 Å². The molecule has 0 aromatic rings. The highest BCUT2D eigenvalue weighted by Gasteiger charge is 2.50. The first-order chi connectivity index (χ1) is 8.46. The number of carbonyl (C=O) groups excluding carboxylic acids is 1. The van der Waals surface area contributed by atoms with Crippen molar-refractivity contribution < 1.29 is 24.5 Å². The molecule has 7 N–H and O–H groups in total. The van der Waals surface area contributed by atoms with Gasteiger partial charge in [0.15, 0.2) is 11.7 Å². The van der Waals surface area contributed by atoms with Crippen LogP contribution < -0.4 is 11.1 Å². The largest absolute Gasteiger partial charge is 0.479 e. The molecular weight excluding hydrogens is 293 g/mol.